The van der Waals surface area contributed by atoms with E-state index in [0.717, 1.165) is 12.2 Å². The molecule has 2 N–H and O–H groups in total. The molecule has 0 spiro atoms. The molecule has 0 atom stereocenters. The molecule has 8 heteroatoms. The number of nitrogens with one attached hydrogen (secondary N) is 1. The van der Waals surface area contributed by atoms with Crippen LogP contribution in [0.5, 0.6) is 0 Å². The summed E-state index contributed by atoms with van der Waals surface area (Å²) in [5, 5.41) is 10.4. The summed E-state index contributed by atoms with van der Waals surface area (Å²) >= 11 is 0. The predicted octanol–water partition coefficient (Wildman–Crippen LogP) is 2.07. The van der Waals surface area contributed by atoms with Gasteiger partial charge in [0, 0.05) is 6.08 Å². The van der Waals surface area contributed by atoms with Crippen molar-refractivity contribution in [2.45, 2.75) is 12.6 Å². The van der Waals surface area contributed by atoms with Gasteiger partial charge in [-0.3, -0.25) is 4.79 Å². The molecule has 0 bridgehead atoms. The fraction of sp³-hybridized carbons (Fsp3) is 0.182. The van der Waals surface area contributed by atoms with Gasteiger partial charge in [0.1, 0.15) is 12.2 Å². The zero-order chi connectivity index (χ0) is 14.5. The standard InChI is InChI=1S/C11H9F3N2O3/c12-11(13,14)6-9(17)16-8-3-1-2-7(15-8)4-5-10(18)19/h1-5H,6H2,(H,18,19)(H,15,16,17)/b5-4+. The van der Waals surface area contributed by atoms with Crippen LogP contribution in [-0.4, -0.2) is 28.1 Å². The van der Waals surface area contributed by atoms with Gasteiger partial charge in [0.05, 0.1) is 5.69 Å². The van der Waals surface area contributed by atoms with E-state index in [4.69, 9.17) is 5.11 Å². The monoisotopic (exact) mass is 274 g/mol. The van der Waals surface area contributed by atoms with Crippen LogP contribution in [0.25, 0.3) is 6.08 Å². The molecule has 0 unspecified atom stereocenters. The predicted molar refractivity (Wildman–Crippen MR) is 60.2 cm³/mol. The number of rotatable bonds is 4. The van der Waals surface area contributed by atoms with E-state index >= 15 is 0 Å². The van der Waals surface area contributed by atoms with E-state index in [1.165, 1.54) is 18.2 Å². The Morgan fingerprint density at radius 3 is 2.63 bits per heavy atom. The highest BCUT2D eigenvalue weighted by Crippen LogP contribution is 2.20. The van der Waals surface area contributed by atoms with Crippen LogP contribution in [0.4, 0.5) is 19.0 Å². The van der Waals surface area contributed by atoms with E-state index in [1.54, 1.807) is 0 Å². The molecule has 5 nitrogen and oxygen atoms in total. The molecule has 1 aromatic heterocycles. The Labute approximate surface area is 105 Å². The minimum Gasteiger partial charge on any atom is -0.478 e. The molecule has 1 aromatic rings. The van der Waals surface area contributed by atoms with Gasteiger partial charge < -0.3 is 10.4 Å². The number of hydrogen-bond donors (Lipinski definition) is 2. The number of carboxylic acid groups (broad SMARTS) is 1. The highest BCUT2D eigenvalue weighted by atomic mass is 19.4. The summed E-state index contributed by atoms with van der Waals surface area (Å²) in [4.78, 5) is 25.1. The Morgan fingerprint density at radius 2 is 2.05 bits per heavy atom. The van der Waals surface area contributed by atoms with Crippen molar-refractivity contribution in [1.82, 2.24) is 4.98 Å². The van der Waals surface area contributed by atoms with Crippen LogP contribution >= 0.6 is 0 Å². The first kappa shape index (κ1) is 14.7. The highest BCUT2D eigenvalue weighted by molar-refractivity contribution is 5.90. The summed E-state index contributed by atoms with van der Waals surface area (Å²) in [6, 6.07) is 4.17. The second-order valence-electron chi connectivity index (χ2n) is 3.46. The number of carboxylic acids is 1. The van der Waals surface area contributed by atoms with Crippen molar-refractivity contribution in [3.8, 4) is 0 Å². The van der Waals surface area contributed by atoms with E-state index in [2.05, 4.69) is 4.98 Å². The Bertz CT molecular complexity index is 512. The lowest BCUT2D eigenvalue weighted by Crippen LogP contribution is -2.21. The van der Waals surface area contributed by atoms with Gasteiger partial charge in [-0.2, -0.15) is 13.2 Å². The van der Waals surface area contributed by atoms with Crippen molar-refractivity contribution in [1.29, 1.82) is 0 Å². The topological polar surface area (TPSA) is 79.3 Å². The lowest BCUT2D eigenvalue weighted by molar-refractivity contribution is -0.150. The van der Waals surface area contributed by atoms with Gasteiger partial charge in [-0.05, 0) is 18.2 Å². The molecule has 0 aromatic carbocycles. The van der Waals surface area contributed by atoms with Crippen LogP contribution in [0.1, 0.15) is 12.1 Å². The van der Waals surface area contributed by atoms with E-state index in [9.17, 15) is 22.8 Å². The first-order valence-electron chi connectivity index (χ1n) is 5.01. The van der Waals surface area contributed by atoms with Crippen molar-refractivity contribution in [3.63, 3.8) is 0 Å². The lowest BCUT2D eigenvalue weighted by Gasteiger charge is -2.07. The van der Waals surface area contributed by atoms with Crippen molar-refractivity contribution in [3.05, 3.63) is 30.0 Å². The van der Waals surface area contributed by atoms with Crippen molar-refractivity contribution >= 4 is 23.8 Å². The zero-order valence-corrected chi connectivity index (χ0v) is 9.44. The number of amides is 1. The Balaban J connectivity index is 2.72. The quantitative estimate of drug-likeness (QED) is 0.824. The van der Waals surface area contributed by atoms with E-state index in [-0.39, 0.29) is 11.5 Å². The molecule has 1 rings (SSSR count). The van der Waals surface area contributed by atoms with Crippen LogP contribution in [0.15, 0.2) is 24.3 Å². The summed E-state index contributed by atoms with van der Waals surface area (Å²) in [6.07, 6.45) is -4.22. The maximum absolute atomic E-state index is 11.9. The number of carbonyl (C=O) groups is 2. The van der Waals surface area contributed by atoms with Crippen molar-refractivity contribution in [2.75, 3.05) is 5.32 Å². The molecule has 0 aliphatic carbocycles. The summed E-state index contributed by atoms with van der Waals surface area (Å²) < 4.78 is 35.8. The van der Waals surface area contributed by atoms with Crippen LogP contribution < -0.4 is 5.32 Å². The normalized spacial score (nSPS) is 11.5. The number of aliphatic carboxylic acids is 1. The summed E-state index contributed by atoms with van der Waals surface area (Å²) in [5.41, 5.74) is 0.201. The molecule has 0 aliphatic heterocycles. The average molecular weight is 274 g/mol. The number of carbonyl (C=O) groups excluding carboxylic acids is 1. The lowest BCUT2D eigenvalue weighted by atomic mass is 10.3. The zero-order valence-electron chi connectivity index (χ0n) is 9.44. The highest BCUT2D eigenvalue weighted by Gasteiger charge is 2.31. The Morgan fingerprint density at radius 1 is 1.37 bits per heavy atom. The molecule has 0 saturated carbocycles. The van der Waals surface area contributed by atoms with Gasteiger partial charge in [0.15, 0.2) is 0 Å². The maximum atomic E-state index is 11.9. The van der Waals surface area contributed by atoms with Gasteiger partial charge in [0.2, 0.25) is 5.91 Å². The molecule has 1 amide bonds. The third-order valence-corrected chi connectivity index (χ3v) is 1.80. The van der Waals surface area contributed by atoms with Gasteiger partial charge in [-0.25, -0.2) is 9.78 Å². The van der Waals surface area contributed by atoms with Crippen molar-refractivity contribution < 1.29 is 27.9 Å². The Hall–Kier alpha value is -2.38. The van der Waals surface area contributed by atoms with Crippen LogP contribution in [0.2, 0.25) is 0 Å². The van der Waals surface area contributed by atoms with Gasteiger partial charge >= 0.3 is 12.1 Å². The maximum Gasteiger partial charge on any atom is 0.397 e. The molecule has 0 radical (unpaired) electrons. The summed E-state index contributed by atoms with van der Waals surface area (Å²) in [6.45, 7) is 0. The minimum atomic E-state index is -4.59. The van der Waals surface area contributed by atoms with Gasteiger partial charge in [-0.1, -0.05) is 6.07 Å². The average Bonchev–Trinajstić information content (AvgIpc) is 2.24. The number of alkyl halides is 3. The minimum absolute atomic E-state index is 0.0817. The third kappa shape index (κ3) is 6.20. The van der Waals surface area contributed by atoms with Crippen molar-refractivity contribution in [2.24, 2.45) is 0 Å². The fourth-order valence-corrected chi connectivity index (χ4v) is 1.14. The SMILES string of the molecule is O=C(O)/C=C/c1cccc(NC(=O)CC(F)(F)F)n1. The molecular formula is C11H9F3N2O3. The number of anilines is 1. The third-order valence-electron chi connectivity index (χ3n) is 1.80. The number of nitrogens with zero attached hydrogens (tertiary/aromatic N) is 1. The molecule has 0 fully saturated rings. The van der Waals surface area contributed by atoms with Crippen LogP contribution in [0.3, 0.4) is 0 Å². The number of aromatic nitrogens is 1. The number of hydrogen-bond acceptors (Lipinski definition) is 3. The smallest absolute Gasteiger partial charge is 0.397 e. The van der Waals surface area contributed by atoms with Gasteiger partial charge in [-0.15, -0.1) is 0 Å². The summed E-state index contributed by atoms with van der Waals surface area (Å²) in [7, 11) is 0. The number of halogens is 3. The summed E-state index contributed by atoms with van der Waals surface area (Å²) in [5.74, 6) is -2.51. The molecule has 1 heterocycles. The second-order valence-corrected chi connectivity index (χ2v) is 3.46. The molecule has 0 aliphatic rings. The van der Waals surface area contributed by atoms with Crippen LogP contribution in [-0.2, 0) is 9.59 Å². The largest absolute Gasteiger partial charge is 0.478 e. The molecule has 0 saturated heterocycles. The van der Waals surface area contributed by atoms with Gasteiger partial charge in [0.25, 0.3) is 0 Å². The number of pyridine rings is 1. The van der Waals surface area contributed by atoms with Crippen LogP contribution in [0, 0.1) is 0 Å². The first-order valence-corrected chi connectivity index (χ1v) is 5.01. The van der Waals surface area contributed by atoms with E-state index in [1.807, 2.05) is 5.32 Å². The Kier molecular flexibility index (Phi) is 4.62. The van der Waals surface area contributed by atoms with E-state index < -0.39 is 24.5 Å². The van der Waals surface area contributed by atoms with E-state index in [0.29, 0.717) is 0 Å². The fourth-order valence-electron chi connectivity index (χ4n) is 1.14. The molecule has 19 heavy (non-hydrogen) atoms. The second kappa shape index (κ2) is 5.98. The molecule has 102 valence electrons. The molecular weight excluding hydrogens is 265 g/mol. The first-order chi connectivity index (χ1) is 8.76.